The number of amides is 2. The van der Waals surface area contributed by atoms with Crippen LogP contribution in [0.3, 0.4) is 0 Å². The van der Waals surface area contributed by atoms with Crippen molar-refractivity contribution < 1.29 is 13.6 Å². The number of para-hydroxylation sites is 1. The fourth-order valence-corrected chi connectivity index (χ4v) is 2.93. The molecule has 1 aromatic heterocycles. The third kappa shape index (κ3) is 4.76. The molecule has 0 spiro atoms. The largest absolute Gasteiger partial charge is 0.464 e. The van der Waals surface area contributed by atoms with Crippen LogP contribution in [0.4, 0.5) is 9.18 Å². The molecule has 0 saturated carbocycles. The molecule has 0 aliphatic carbocycles. The number of hydrogen-bond acceptors (Lipinski definition) is 3. The van der Waals surface area contributed by atoms with Crippen molar-refractivity contribution in [2.75, 3.05) is 6.54 Å². The number of hydrogen-bond donors (Lipinski definition) is 1. The van der Waals surface area contributed by atoms with Crippen molar-refractivity contribution in [2.45, 2.75) is 32.9 Å². The molecule has 0 fully saturated rings. The van der Waals surface area contributed by atoms with Gasteiger partial charge in [-0.25, -0.2) is 9.18 Å². The summed E-state index contributed by atoms with van der Waals surface area (Å²) in [5.74, 6) is -0.335. The topological polar surface area (TPSA) is 62.6 Å². The van der Waals surface area contributed by atoms with Crippen LogP contribution >= 0.6 is 0 Å². The lowest BCUT2D eigenvalue weighted by Gasteiger charge is -2.23. The van der Waals surface area contributed by atoms with E-state index in [1.165, 1.54) is 23.3 Å². The number of benzene rings is 2. The standard InChI is InChI=1S/C22H23FN2O3/c1-2-3-12-24-22(27)25(13-16-8-10-18(23)11-9-16)14-17-15-28-20-7-5-4-6-19(20)21(17)26/h4-11,15H,2-3,12-14H2,1H3,(H,24,27). The molecule has 0 saturated heterocycles. The third-order valence-electron chi connectivity index (χ3n) is 4.49. The highest BCUT2D eigenvalue weighted by Gasteiger charge is 2.17. The molecular weight excluding hydrogens is 359 g/mol. The van der Waals surface area contributed by atoms with Crippen molar-refractivity contribution in [2.24, 2.45) is 0 Å². The molecule has 0 unspecified atom stereocenters. The smallest absolute Gasteiger partial charge is 0.318 e. The quantitative estimate of drug-likeness (QED) is 0.614. The van der Waals surface area contributed by atoms with Gasteiger partial charge in [-0.1, -0.05) is 37.6 Å². The van der Waals surface area contributed by atoms with Crippen LogP contribution in [0.15, 0.2) is 64.0 Å². The van der Waals surface area contributed by atoms with Gasteiger partial charge in [0.15, 0.2) is 5.43 Å². The van der Waals surface area contributed by atoms with Crippen molar-refractivity contribution in [1.82, 2.24) is 10.2 Å². The molecule has 1 heterocycles. The summed E-state index contributed by atoms with van der Waals surface area (Å²) < 4.78 is 18.8. The molecule has 0 radical (unpaired) electrons. The van der Waals surface area contributed by atoms with Crippen LogP contribution in [-0.4, -0.2) is 17.5 Å². The second-order valence-electron chi connectivity index (χ2n) is 6.65. The number of rotatable bonds is 7. The highest BCUT2D eigenvalue weighted by Crippen LogP contribution is 2.14. The van der Waals surface area contributed by atoms with Gasteiger partial charge < -0.3 is 14.6 Å². The lowest BCUT2D eigenvalue weighted by molar-refractivity contribution is 0.191. The molecule has 146 valence electrons. The highest BCUT2D eigenvalue weighted by molar-refractivity contribution is 5.77. The average Bonchev–Trinajstić information content (AvgIpc) is 2.71. The lowest BCUT2D eigenvalue weighted by atomic mass is 10.1. The van der Waals surface area contributed by atoms with E-state index in [0.717, 1.165) is 18.4 Å². The number of nitrogens with one attached hydrogen (secondary N) is 1. The summed E-state index contributed by atoms with van der Waals surface area (Å²) in [6, 6.07) is 12.7. The zero-order chi connectivity index (χ0) is 19.9. The van der Waals surface area contributed by atoms with E-state index < -0.39 is 0 Å². The van der Waals surface area contributed by atoms with E-state index >= 15 is 0 Å². The maximum atomic E-state index is 13.2. The molecule has 3 rings (SSSR count). The Balaban J connectivity index is 1.85. The molecule has 0 bridgehead atoms. The SMILES string of the molecule is CCCCNC(=O)N(Cc1ccc(F)cc1)Cc1coc2ccccc2c1=O. The summed E-state index contributed by atoms with van der Waals surface area (Å²) in [5.41, 5.74) is 1.52. The van der Waals surface area contributed by atoms with Gasteiger partial charge in [0.1, 0.15) is 11.4 Å². The minimum absolute atomic E-state index is 0.0997. The van der Waals surface area contributed by atoms with Gasteiger partial charge >= 0.3 is 6.03 Å². The van der Waals surface area contributed by atoms with E-state index in [4.69, 9.17) is 4.42 Å². The molecule has 2 aromatic carbocycles. The van der Waals surface area contributed by atoms with Gasteiger partial charge in [-0.05, 0) is 36.2 Å². The van der Waals surface area contributed by atoms with Crippen LogP contribution in [0.1, 0.15) is 30.9 Å². The van der Waals surface area contributed by atoms with Gasteiger partial charge in [0, 0.05) is 13.1 Å². The number of fused-ring (bicyclic) bond motifs is 1. The summed E-state index contributed by atoms with van der Waals surface area (Å²) in [5, 5.41) is 3.35. The van der Waals surface area contributed by atoms with Crippen LogP contribution < -0.4 is 10.7 Å². The summed E-state index contributed by atoms with van der Waals surface area (Å²) in [6.45, 7) is 2.96. The Morgan fingerprint density at radius 1 is 1.11 bits per heavy atom. The number of nitrogens with zero attached hydrogens (tertiary/aromatic N) is 1. The Hall–Kier alpha value is -3.15. The second-order valence-corrected chi connectivity index (χ2v) is 6.65. The van der Waals surface area contributed by atoms with Crippen LogP contribution in [-0.2, 0) is 13.1 Å². The molecule has 0 aliphatic heterocycles. The van der Waals surface area contributed by atoms with Crippen molar-refractivity contribution in [3.05, 3.63) is 82.0 Å². The monoisotopic (exact) mass is 382 g/mol. The van der Waals surface area contributed by atoms with Crippen molar-refractivity contribution in [3.8, 4) is 0 Å². The van der Waals surface area contributed by atoms with Gasteiger partial charge in [0.05, 0.1) is 23.8 Å². The molecule has 5 nitrogen and oxygen atoms in total. The molecule has 28 heavy (non-hydrogen) atoms. The molecule has 2 amide bonds. The van der Waals surface area contributed by atoms with E-state index in [0.29, 0.717) is 23.1 Å². The molecular formula is C22H23FN2O3. The van der Waals surface area contributed by atoms with E-state index in [9.17, 15) is 14.0 Å². The van der Waals surface area contributed by atoms with Crippen molar-refractivity contribution in [1.29, 1.82) is 0 Å². The first kappa shape index (κ1) is 19.6. The molecule has 0 atom stereocenters. The van der Waals surface area contributed by atoms with Gasteiger partial charge in [0.25, 0.3) is 0 Å². The number of carbonyl (C=O) groups excluding carboxylic acids is 1. The maximum absolute atomic E-state index is 13.2. The Morgan fingerprint density at radius 2 is 1.86 bits per heavy atom. The van der Waals surface area contributed by atoms with E-state index in [2.05, 4.69) is 5.32 Å². The summed E-state index contributed by atoms with van der Waals surface area (Å²) in [6.07, 6.45) is 3.24. The first-order valence-electron chi connectivity index (χ1n) is 9.35. The number of halogens is 1. The predicted octanol–water partition coefficient (Wildman–Crippen LogP) is 4.44. The van der Waals surface area contributed by atoms with Gasteiger partial charge in [0.2, 0.25) is 0 Å². The predicted molar refractivity (Wildman–Crippen MR) is 106 cm³/mol. The summed E-state index contributed by atoms with van der Waals surface area (Å²) in [4.78, 5) is 27.0. The maximum Gasteiger partial charge on any atom is 0.318 e. The third-order valence-corrected chi connectivity index (χ3v) is 4.49. The molecule has 0 aliphatic rings. The zero-order valence-electron chi connectivity index (χ0n) is 15.8. The van der Waals surface area contributed by atoms with Crippen LogP contribution in [0.25, 0.3) is 11.0 Å². The minimum Gasteiger partial charge on any atom is -0.464 e. The zero-order valence-corrected chi connectivity index (χ0v) is 15.8. The van der Waals surface area contributed by atoms with Crippen LogP contribution in [0.5, 0.6) is 0 Å². The van der Waals surface area contributed by atoms with E-state index in [1.54, 1.807) is 36.4 Å². The number of unbranched alkanes of at least 4 members (excludes halogenated alkanes) is 1. The molecule has 6 heteroatoms. The minimum atomic E-state index is -0.335. The highest BCUT2D eigenvalue weighted by atomic mass is 19.1. The Kier molecular flexibility index (Phi) is 6.42. The average molecular weight is 382 g/mol. The first-order chi connectivity index (χ1) is 13.6. The van der Waals surface area contributed by atoms with E-state index in [1.807, 2.05) is 6.92 Å². The number of carbonyl (C=O) groups is 1. The Bertz CT molecular complexity index is 999. The van der Waals surface area contributed by atoms with Gasteiger partial charge in [-0.2, -0.15) is 0 Å². The van der Waals surface area contributed by atoms with Crippen molar-refractivity contribution >= 4 is 17.0 Å². The van der Waals surface area contributed by atoms with Gasteiger partial charge in [-0.3, -0.25) is 4.79 Å². The van der Waals surface area contributed by atoms with Crippen LogP contribution in [0.2, 0.25) is 0 Å². The summed E-state index contributed by atoms with van der Waals surface area (Å²) >= 11 is 0. The summed E-state index contributed by atoms with van der Waals surface area (Å²) in [7, 11) is 0. The molecule has 1 N–H and O–H groups in total. The fraction of sp³-hybridized carbons (Fsp3) is 0.273. The number of urea groups is 1. The Labute approximate surface area is 162 Å². The van der Waals surface area contributed by atoms with Gasteiger partial charge in [-0.15, -0.1) is 0 Å². The fourth-order valence-electron chi connectivity index (χ4n) is 2.93. The first-order valence-corrected chi connectivity index (χ1v) is 9.35. The van der Waals surface area contributed by atoms with Crippen LogP contribution in [0, 0.1) is 5.82 Å². The van der Waals surface area contributed by atoms with Crippen molar-refractivity contribution in [3.63, 3.8) is 0 Å². The van der Waals surface area contributed by atoms with E-state index in [-0.39, 0.29) is 30.4 Å². The lowest BCUT2D eigenvalue weighted by Crippen LogP contribution is -2.40. The normalized spacial score (nSPS) is 10.8. The molecule has 3 aromatic rings. The Morgan fingerprint density at radius 3 is 2.61 bits per heavy atom. The second kappa shape index (κ2) is 9.17.